The summed E-state index contributed by atoms with van der Waals surface area (Å²) in [4.78, 5) is 2.77. The molecule has 2 atom stereocenters. The van der Waals surface area contributed by atoms with Crippen molar-refractivity contribution in [2.24, 2.45) is 5.92 Å². The van der Waals surface area contributed by atoms with Crippen LogP contribution in [-0.2, 0) is 0 Å². The van der Waals surface area contributed by atoms with Gasteiger partial charge in [0.25, 0.3) is 0 Å². The third kappa shape index (κ3) is 2.39. The summed E-state index contributed by atoms with van der Waals surface area (Å²) < 4.78 is 0. The normalized spacial score (nSPS) is 36.0. The molecule has 2 heterocycles. The van der Waals surface area contributed by atoms with Gasteiger partial charge in [-0.05, 0) is 58.5 Å². The van der Waals surface area contributed by atoms with Gasteiger partial charge in [-0.25, -0.2) is 0 Å². The highest BCUT2D eigenvalue weighted by Crippen LogP contribution is 2.38. The highest BCUT2D eigenvalue weighted by Gasteiger charge is 2.46. The van der Waals surface area contributed by atoms with Crippen molar-refractivity contribution in [3.8, 4) is 0 Å². The Morgan fingerprint density at radius 3 is 2.41 bits per heavy atom. The summed E-state index contributed by atoms with van der Waals surface area (Å²) in [7, 11) is 0. The number of nitrogens with zero attached hydrogens (tertiary/aromatic N) is 1. The van der Waals surface area contributed by atoms with Crippen LogP contribution in [0.5, 0.6) is 0 Å². The highest BCUT2D eigenvalue weighted by molar-refractivity contribution is 5.06. The fourth-order valence-electron chi connectivity index (χ4n) is 4.08. The third-order valence-corrected chi connectivity index (χ3v) is 5.05. The molecule has 2 aliphatic heterocycles. The highest BCUT2D eigenvalue weighted by atomic mass is 15.2. The summed E-state index contributed by atoms with van der Waals surface area (Å²) in [6, 6.07) is 1.46. The summed E-state index contributed by atoms with van der Waals surface area (Å²) in [5.74, 6) is 0.745. The molecule has 0 aliphatic carbocycles. The molecule has 0 aromatic carbocycles. The first-order valence-electron chi connectivity index (χ1n) is 7.58. The minimum absolute atomic E-state index is 0.394. The monoisotopic (exact) mass is 238 g/mol. The molecule has 2 aliphatic rings. The Morgan fingerprint density at radius 1 is 1.12 bits per heavy atom. The number of hydrogen-bond acceptors (Lipinski definition) is 2. The molecule has 0 spiro atoms. The van der Waals surface area contributed by atoms with E-state index in [-0.39, 0.29) is 0 Å². The van der Waals surface area contributed by atoms with Crippen molar-refractivity contribution >= 4 is 0 Å². The number of piperidine rings is 1. The molecule has 1 N–H and O–H groups in total. The van der Waals surface area contributed by atoms with E-state index in [1.807, 2.05) is 0 Å². The lowest BCUT2D eigenvalue weighted by Crippen LogP contribution is -2.63. The zero-order chi connectivity index (χ0) is 12.5. The van der Waals surface area contributed by atoms with Crippen molar-refractivity contribution in [3.05, 3.63) is 0 Å². The van der Waals surface area contributed by atoms with Crippen molar-refractivity contribution in [2.45, 2.75) is 77.4 Å². The first-order chi connectivity index (χ1) is 8.08. The molecule has 2 unspecified atom stereocenters. The van der Waals surface area contributed by atoms with E-state index in [2.05, 4.69) is 37.9 Å². The van der Waals surface area contributed by atoms with Crippen LogP contribution in [0, 0.1) is 5.92 Å². The van der Waals surface area contributed by atoms with Gasteiger partial charge in [0, 0.05) is 17.6 Å². The molecule has 0 aromatic heterocycles. The van der Waals surface area contributed by atoms with E-state index in [0.29, 0.717) is 11.6 Å². The molecular formula is C15H30N2. The minimum Gasteiger partial charge on any atom is -0.310 e. The smallest absolute Gasteiger partial charge is 0.0361 e. The van der Waals surface area contributed by atoms with Crippen LogP contribution in [0.1, 0.15) is 59.8 Å². The van der Waals surface area contributed by atoms with Crippen LogP contribution < -0.4 is 5.32 Å². The van der Waals surface area contributed by atoms with Gasteiger partial charge in [0.2, 0.25) is 0 Å². The number of likely N-dealkylation sites (tertiary alicyclic amines) is 1. The standard InChI is InChI=1S/C15H30N2/c1-12(2)15(9-7-10-16-15)14-8-5-6-11-17(14)13(3)4/h12-14,16H,5-11H2,1-4H3. The Morgan fingerprint density at radius 2 is 1.88 bits per heavy atom. The van der Waals surface area contributed by atoms with Crippen LogP contribution in [-0.4, -0.2) is 35.6 Å². The molecule has 100 valence electrons. The van der Waals surface area contributed by atoms with E-state index in [4.69, 9.17) is 0 Å². The van der Waals surface area contributed by atoms with Crippen molar-refractivity contribution < 1.29 is 0 Å². The average Bonchev–Trinajstić information content (AvgIpc) is 2.79. The van der Waals surface area contributed by atoms with Gasteiger partial charge >= 0.3 is 0 Å². The van der Waals surface area contributed by atoms with Crippen LogP contribution in [0.15, 0.2) is 0 Å². The molecule has 2 rings (SSSR count). The molecule has 0 aromatic rings. The van der Waals surface area contributed by atoms with Gasteiger partial charge in [-0.2, -0.15) is 0 Å². The summed E-state index contributed by atoms with van der Waals surface area (Å²) in [6.07, 6.45) is 6.94. The van der Waals surface area contributed by atoms with Crippen molar-refractivity contribution in [3.63, 3.8) is 0 Å². The lowest BCUT2D eigenvalue weighted by Gasteiger charge is -2.51. The zero-order valence-corrected chi connectivity index (χ0v) is 12.1. The zero-order valence-electron chi connectivity index (χ0n) is 12.1. The minimum atomic E-state index is 0.394. The maximum Gasteiger partial charge on any atom is 0.0361 e. The predicted octanol–water partition coefficient (Wildman–Crippen LogP) is 3.03. The van der Waals surface area contributed by atoms with Crippen molar-refractivity contribution in [1.82, 2.24) is 10.2 Å². The second kappa shape index (κ2) is 5.27. The number of hydrogen-bond donors (Lipinski definition) is 1. The fourth-order valence-corrected chi connectivity index (χ4v) is 4.08. The fraction of sp³-hybridized carbons (Fsp3) is 1.00. The van der Waals surface area contributed by atoms with Gasteiger partial charge in [0.15, 0.2) is 0 Å². The molecule has 2 nitrogen and oxygen atoms in total. The van der Waals surface area contributed by atoms with Crippen LogP contribution in [0.2, 0.25) is 0 Å². The molecule has 2 saturated heterocycles. The van der Waals surface area contributed by atoms with E-state index in [1.165, 1.54) is 45.2 Å². The Bertz CT molecular complexity index is 241. The molecule has 0 bridgehead atoms. The van der Waals surface area contributed by atoms with E-state index >= 15 is 0 Å². The van der Waals surface area contributed by atoms with E-state index < -0.39 is 0 Å². The molecule has 0 radical (unpaired) electrons. The Labute approximate surface area is 107 Å². The Kier molecular flexibility index (Phi) is 4.14. The second-order valence-corrected chi connectivity index (χ2v) is 6.57. The van der Waals surface area contributed by atoms with Crippen LogP contribution >= 0.6 is 0 Å². The van der Waals surface area contributed by atoms with Gasteiger partial charge in [-0.1, -0.05) is 20.3 Å². The lowest BCUT2D eigenvalue weighted by atomic mass is 9.74. The Balaban J connectivity index is 2.21. The van der Waals surface area contributed by atoms with Gasteiger partial charge in [0.1, 0.15) is 0 Å². The number of nitrogens with one attached hydrogen (secondary N) is 1. The molecule has 17 heavy (non-hydrogen) atoms. The van der Waals surface area contributed by atoms with Crippen LogP contribution in [0.4, 0.5) is 0 Å². The molecule has 0 saturated carbocycles. The predicted molar refractivity (Wildman–Crippen MR) is 74.3 cm³/mol. The molecule has 2 fully saturated rings. The van der Waals surface area contributed by atoms with Gasteiger partial charge in [-0.15, -0.1) is 0 Å². The first-order valence-corrected chi connectivity index (χ1v) is 7.58. The maximum absolute atomic E-state index is 3.88. The first kappa shape index (κ1) is 13.4. The van der Waals surface area contributed by atoms with Crippen molar-refractivity contribution in [2.75, 3.05) is 13.1 Å². The quantitative estimate of drug-likeness (QED) is 0.813. The second-order valence-electron chi connectivity index (χ2n) is 6.57. The van der Waals surface area contributed by atoms with E-state index in [9.17, 15) is 0 Å². The molecule has 0 amide bonds. The largest absolute Gasteiger partial charge is 0.310 e. The van der Waals surface area contributed by atoms with Crippen LogP contribution in [0.25, 0.3) is 0 Å². The average molecular weight is 238 g/mol. The molecule has 2 heteroatoms. The van der Waals surface area contributed by atoms with Crippen molar-refractivity contribution in [1.29, 1.82) is 0 Å². The third-order valence-electron chi connectivity index (χ3n) is 5.05. The van der Waals surface area contributed by atoms with E-state index in [0.717, 1.165) is 12.0 Å². The van der Waals surface area contributed by atoms with Gasteiger partial charge in [0.05, 0.1) is 0 Å². The van der Waals surface area contributed by atoms with Gasteiger partial charge in [-0.3, -0.25) is 4.90 Å². The Hall–Kier alpha value is -0.0800. The lowest BCUT2D eigenvalue weighted by molar-refractivity contribution is 0.0240. The molecular weight excluding hydrogens is 208 g/mol. The summed E-state index contributed by atoms with van der Waals surface area (Å²) in [6.45, 7) is 12.1. The summed E-state index contributed by atoms with van der Waals surface area (Å²) in [5.41, 5.74) is 0.394. The summed E-state index contributed by atoms with van der Waals surface area (Å²) in [5, 5.41) is 3.88. The topological polar surface area (TPSA) is 15.3 Å². The van der Waals surface area contributed by atoms with Crippen LogP contribution in [0.3, 0.4) is 0 Å². The SMILES string of the molecule is CC(C)N1CCCCC1C1(C(C)C)CCCN1. The van der Waals surface area contributed by atoms with E-state index in [1.54, 1.807) is 0 Å². The summed E-state index contributed by atoms with van der Waals surface area (Å²) >= 11 is 0. The van der Waals surface area contributed by atoms with Gasteiger partial charge < -0.3 is 5.32 Å². The maximum atomic E-state index is 3.88. The number of rotatable bonds is 3.